The summed E-state index contributed by atoms with van der Waals surface area (Å²) < 4.78 is 40.0. The standard InChI is InChI=1S/C12H9F3/c1-6-3-8-4-11(14)7(2)12(15)9(8)5-10(6)13/h3-5H,1-2H3. The van der Waals surface area contributed by atoms with E-state index >= 15 is 0 Å². The minimum Gasteiger partial charge on any atom is -0.207 e. The number of hydrogen-bond acceptors (Lipinski definition) is 0. The van der Waals surface area contributed by atoms with Crippen LogP contribution in [0.1, 0.15) is 11.1 Å². The zero-order chi connectivity index (χ0) is 11.2. The van der Waals surface area contributed by atoms with Crippen LogP contribution in [-0.4, -0.2) is 0 Å². The van der Waals surface area contributed by atoms with Gasteiger partial charge in [-0.1, -0.05) is 0 Å². The second kappa shape index (κ2) is 3.26. The summed E-state index contributed by atoms with van der Waals surface area (Å²) in [7, 11) is 0. The molecular weight excluding hydrogens is 201 g/mol. The number of rotatable bonds is 0. The van der Waals surface area contributed by atoms with Crippen molar-refractivity contribution in [2.75, 3.05) is 0 Å². The number of benzene rings is 2. The minimum absolute atomic E-state index is 0.0780. The highest BCUT2D eigenvalue weighted by molar-refractivity contribution is 5.84. The number of halogens is 3. The van der Waals surface area contributed by atoms with Crippen molar-refractivity contribution in [3.8, 4) is 0 Å². The zero-order valence-electron chi connectivity index (χ0n) is 8.37. The Morgan fingerprint density at radius 3 is 2.20 bits per heavy atom. The van der Waals surface area contributed by atoms with Crippen molar-refractivity contribution in [3.05, 3.63) is 46.8 Å². The summed E-state index contributed by atoms with van der Waals surface area (Å²) in [5.74, 6) is -1.78. The smallest absolute Gasteiger partial charge is 0.136 e. The van der Waals surface area contributed by atoms with Crippen LogP contribution in [0, 0.1) is 31.3 Å². The van der Waals surface area contributed by atoms with Gasteiger partial charge in [0.15, 0.2) is 0 Å². The van der Waals surface area contributed by atoms with Crippen molar-refractivity contribution in [2.45, 2.75) is 13.8 Å². The molecule has 0 saturated carbocycles. The van der Waals surface area contributed by atoms with Crippen LogP contribution in [0.5, 0.6) is 0 Å². The van der Waals surface area contributed by atoms with Gasteiger partial charge in [0.2, 0.25) is 0 Å². The largest absolute Gasteiger partial charge is 0.207 e. The van der Waals surface area contributed by atoms with E-state index in [-0.39, 0.29) is 10.9 Å². The Morgan fingerprint density at radius 2 is 1.53 bits per heavy atom. The Balaban J connectivity index is 2.93. The van der Waals surface area contributed by atoms with E-state index in [0.717, 1.165) is 6.07 Å². The van der Waals surface area contributed by atoms with Gasteiger partial charge in [-0.2, -0.15) is 0 Å². The molecule has 0 atom stereocenters. The van der Waals surface area contributed by atoms with Gasteiger partial charge in [0.05, 0.1) is 0 Å². The number of hydrogen-bond donors (Lipinski definition) is 0. The predicted molar refractivity (Wildman–Crippen MR) is 53.3 cm³/mol. The van der Waals surface area contributed by atoms with Crippen LogP contribution in [-0.2, 0) is 0 Å². The molecule has 0 N–H and O–H groups in total. The highest BCUT2D eigenvalue weighted by Crippen LogP contribution is 2.25. The average molecular weight is 210 g/mol. The fourth-order valence-electron chi connectivity index (χ4n) is 1.56. The lowest BCUT2D eigenvalue weighted by molar-refractivity contribution is 0.574. The van der Waals surface area contributed by atoms with Crippen molar-refractivity contribution in [2.24, 2.45) is 0 Å². The molecule has 0 aliphatic carbocycles. The fourth-order valence-corrected chi connectivity index (χ4v) is 1.56. The number of fused-ring (bicyclic) bond motifs is 1. The van der Waals surface area contributed by atoms with Crippen molar-refractivity contribution in [1.29, 1.82) is 0 Å². The van der Waals surface area contributed by atoms with Crippen LogP contribution in [0.3, 0.4) is 0 Å². The second-order valence-electron chi connectivity index (χ2n) is 3.62. The van der Waals surface area contributed by atoms with E-state index in [0.29, 0.717) is 10.9 Å². The van der Waals surface area contributed by atoms with Crippen molar-refractivity contribution >= 4 is 10.8 Å². The van der Waals surface area contributed by atoms with Crippen LogP contribution >= 0.6 is 0 Å². The summed E-state index contributed by atoms with van der Waals surface area (Å²) in [6.45, 7) is 2.90. The molecule has 0 saturated heterocycles. The molecule has 0 heterocycles. The molecule has 0 spiro atoms. The van der Waals surface area contributed by atoms with Crippen LogP contribution in [0.2, 0.25) is 0 Å². The Kier molecular flexibility index (Phi) is 2.18. The molecule has 0 aliphatic rings. The van der Waals surface area contributed by atoms with Crippen molar-refractivity contribution in [1.82, 2.24) is 0 Å². The minimum atomic E-state index is -0.691. The Labute approximate surface area is 85.3 Å². The molecule has 0 aromatic heterocycles. The first-order valence-electron chi connectivity index (χ1n) is 4.55. The van der Waals surface area contributed by atoms with Crippen molar-refractivity contribution in [3.63, 3.8) is 0 Å². The van der Waals surface area contributed by atoms with Gasteiger partial charge in [-0.15, -0.1) is 0 Å². The summed E-state index contributed by atoms with van der Waals surface area (Å²) in [4.78, 5) is 0. The van der Waals surface area contributed by atoms with Gasteiger partial charge < -0.3 is 0 Å². The van der Waals surface area contributed by atoms with E-state index in [9.17, 15) is 13.2 Å². The third-order valence-electron chi connectivity index (χ3n) is 2.54. The molecule has 2 rings (SSSR count). The third kappa shape index (κ3) is 1.48. The third-order valence-corrected chi connectivity index (χ3v) is 2.54. The van der Waals surface area contributed by atoms with E-state index in [1.165, 1.54) is 19.1 Å². The van der Waals surface area contributed by atoms with E-state index < -0.39 is 17.5 Å². The van der Waals surface area contributed by atoms with Gasteiger partial charge in [-0.05, 0) is 43.0 Å². The average Bonchev–Trinajstić information content (AvgIpc) is 2.19. The van der Waals surface area contributed by atoms with Gasteiger partial charge >= 0.3 is 0 Å². The Bertz CT molecular complexity index is 539. The van der Waals surface area contributed by atoms with Gasteiger partial charge in [-0.25, -0.2) is 13.2 Å². The van der Waals surface area contributed by atoms with Crippen LogP contribution in [0.4, 0.5) is 13.2 Å². The summed E-state index contributed by atoms with van der Waals surface area (Å²) in [5.41, 5.74) is 0.302. The number of aryl methyl sites for hydroxylation is 1. The van der Waals surface area contributed by atoms with Crippen LogP contribution in [0.25, 0.3) is 10.8 Å². The molecule has 2 aromatic rings. The molecule has 0 bridgehead atoms. The summed E-state index contributed by atoms with van der Waals surface area (Å²) in [6.07, 6.45) is 0. The first-order chi connectivity index (χ1) is 7.00. The summed E-state index contributed by atoms with van der Waals surface area (Å²) >= 11 is 0. The second-order valence-corrected chi connectivity index (χ2v) is 3.62. The van der Waals surface area contributed by atoms with Crippen LogP contribution in [0.15, 0.2) is 18.2 Å². The first-order valence-corrected chi connectivity index (χ1v) is 4.55. The van der Waals surface area contributed by atoms with Gasteiger partial charge in [0.1, 0.15) is 17.5 Å². The molecule has 0 radical (unpaired) electrons. The van der Waals surface area contributed by atoms with E-state index in [2.05, 4.69) is 0 Å². The maximum atomic E-state index is 13.6. The highest BCUT2D eigenvalue weighted by atomic mass is 19.1. The van der Waals surface area contributed by atoms with Crippen LogP contribution < -0.4 is 0 Å². The monoisotopic (exact) mass is 210 g/mol. The van der Waals surface area contributed by atoms with E-state index in [1.54, 1.807) is 6.92 Å². The normalized spacial score (nSPS) is 11.0. The lowest BCUT2D eigenvalue weighted by atomic mass is 10.0. The molecule has 78 valence electrons. The Morgan fingerprint density at radius 1 is 0.867 bits per heavy atom. The fraction of sp³-hybridized carbons (Fsp3) is 0.167. The molecule has 15 heavy (non-hydrogen) atoms. The highest BCUT2D eigenvalue weighted by Gasteiger charge is 2.11. The molecule has 0 amide bonds. The van der Waals surface area contributed by atoms with E-state index in [4.69, 9.17) is 0 Å². The molecular formula is C12H9F3. The topological polar surface area (TPSA) is 0 Å². The molecule has 3 heteroatoms. The zero-order valence-corrected chi connectivity index (χ0v) is 8.37. The molecule has 0 fully saturated rings. The quantitative estimate of drug-likeness (QED) is 0.619. The molecule has 0 unspecified atom stereocenters. The maximum Gasteiger partial charge on any atom is 0.136 e. The lowest BCUT2D eigenvalue weighted by Gasteiger charge is -2.06. The SMILES string of the molecule is Cc1cc2cc(F)c(C)c(F)c2cc1F. The maximum absolute atomic E-state index is 13.6. The summed E-state index contributed by atoms with van der Waals surface area (Å²) in [5, 5.41) is 0.506. The molecule has 0 aliphatic heterocycles. The summed E-state index contributed by atoms with van der Waals surface area (Å²) in [6, 6.07) is 3.77. The van der Waals surface area contributed by atoms with Gasteiger partial charge in [0, 0.05) is 10.9 Å². The molecule has 2 aromatic carbocycles. The molecule has 0 nitrogen and oxygen atoms in total. The van der Waals surface area contributed by atoms with Gasteiger partial charge in [0.25, 0.3) is 0 Å². The van der Waals surface area contributed by atoms with Crippen molar-refractivity contribution < 1.29 is 13.2 Å². The van der Waals surface area contributed by atoms with Gasteiger partial charge in [-0.3, -0.25) is 0 Å². The predicted octanol–water partition coefficient (Wildman–Crippen LogP) is 3.87. The first kappa shape index (κ1) is 10.0. The Hall–Kier alpha value is -1.51. The lowest BCUT2D eigenvalue weighted by Crippen LogP contribution is -1.93. The van der Waals surface area contributed by atoms with E-state index in [1.807, 2.05) is 0 Å².